The first-order valence-corrected chi connectivity index (χ1v) is 15.6. The number of hydrogen-bond acceptors (Lipinski definition) is 6. The molecule has 0 radical (unpaired) electrons. The molecule has 1 heterocycles. The average molecular weight is 601 g/mol. The predicted octanol–water partition coefficient (Wildman–Crippen LogP) is 8.75. The molecule has 1 aromatic heterocycles. The van der Waals surface area contributed by atoms with E-state index < -0.39 is 11.2 Å². The van der Waals surface area contributed by atoms with E-state index in [9.17, 15) is 14.4 Å². The van der Waals surface area contributed by atoms with Crippen LogP contribution < -0.4 is 10.6 Å². The number of thiophene rings is 1. The molecule has 6 nitrogen and oxygen atoms in total. The minimum absolute atomic E-state index is 0.0597. The van der Waals surface area contributed by atoms with Gasteiger partial charge in [-0.1, -0.05) is 87.0 Å². The average Bonchev–Trinajstić information content (AvgIpc) is 3.35. The molecule has 0 aliphatic heterocycles. The molecule has 2 N–H and O–H groups in total. The van der Waals surface area contributed by atoms with Crippen molar-refractivity contribution in [2.75, 3.05) is 17.2 Å². The summed E-state index contributed by atoms with van der Waals surface area (Å²) in [6.07, 6.45) is 0.396. The Labute approximate surface area is 255 Å². The molecule has 0 saturated carbocycles. The summed E-state index contributed by atoms with van der Waals surface area (Å²) in [5.74, 6) is -0.806. The molecule has 2 amide bonds. The summed E-state index contributed by atoms with van der Waals surface area (Å²) in [5, 5.41) is 7.70. The number of hydrogen-bond donors (Lipinski definition) is 2. The van der Waals surface area contributed by atoms with Crippen molar-refractivity contribution in [1.82, 2.24) is 0 Å². The van der Waals surface area contributed by atoms with Gasteiger partial charge >= 0.3 is 5.97 Å². The van der Waals surface area contributed by atoms with Gasteiger partial charge in [0.15, 0.2) is 0 Å². The SMILES string of the molecule is CCOC(=O)c1c(-c2ccc(C)cc2)csc1NC(=O)C(Sc1cccc(NC(=O)CC(C)(C)C)c1)c1ccccc1. The van der Waals surface area contributed by atoms with E-state index in [-0.39, 0.29) is 23.8 Å². The van der Waals surface area contributed by atoms with Gasteiger partial charge < -0.3 is 15.4 Å². The van der Waals surface area contributed by atoms with Crippen LogP contribution in [0, 0.1) is 12.3 Å². The molecule has 3 aromatic carbocycles. The minimum atomic E-state index is -0.619. The van der Waals surface area contributed by atoms with Crippen LogP contribution >= 0.6 is 23.1 Å². The lowest BCUT2D eigenvalue weighted by Gasteiger charge is -2.19. The number of anilines is 2. The topological polar surface area (TPSA) is 84.5 Å². The Hall–Kier alpha value is -3.88. The van der Waals surface area contributed by atoms with Crippen molar-refractivity contribution in [2.24, 2.45) is 5.41 Å². The van der Waals surface area contributed by atoms with Crippen LogP contribution in [-0.2, 0) is 14.3 Å². The van der Waals surface area contributed by atoms with E-state index in [0.717, 1.165) is 27.1 Å². The number of nitrogens with one attached hydrogen (secondary N) is 2. The molecular formula is C34H36N2O4S2. The largest absolute Gasteiger partial charge is 0.462 e. The van der Waals surface area contributed by atoms with E-state index in [4.69, 9.17) is 4.74 Å². The van der Waals surface area contributed by atoms with Crippen LogP contribution in [0.5, 0.6) is 0 Å². The molecule has 0 fully saturated rings. The van der Waals surface area contributed by atoms with Gasteiger partial charge in [0.1, 0.15) is 15.8 Å². The number of benzene rings is 3. The van der Waals surface area contributed by atoms with Gasteiger partial charge in [-0.2, -0.15) is 0 Å². The lowest BCUT2D eigenvalue weighted by atomic mass is 9.92. The van der Waals surface area contributed by atoms with E-state index in [2.05, 4.69) is 10.6 Å². The first-order valence-electron chi connectivity index (χ1n) is 13.8. The zero-order valence-electron chi connectivity index (χ0n) is 24.5. The fourth-order valence-electron chi connectivity index (χ4n) is 4.35. The molecule has 0 bridgehead atoms. The predicted molar refractivity (Wildman–Crippen MR) is 173 cm³/mol. The number of thioether (sulfide) groups is 1. The highest BCUT2D eigenvalue weighted by Gasteiger charge is 2.27. The molecule has 1 unspecified atom stereocenters. The summed E-state index contributed by atoms with van der Waals surface area (Å²) in [6, 6.07) is 24.9. The number of rotatable bonds is 10. The minimum Gasteiger partial charge on any atom is -0.462 e. The van der Waals surface area contributed by atoms with E-state index in [1.807, 2.05) is 112 Å². The van der Waals surface area contributed by atoms with Crippen LogP contribution in [0.4, 0.5) is 10.7 Å². The van der Waals surface area contributed by atoms with E-state index in [1.54, 1.807) is 6.92 Å². The highest BCUT2D eigenvalue weighted by atomic mass is 32.2. The quantitative estimate of drug-likeness (QED) is 0.140. The Bertz CT molecular complexity index is 1540. The lowest BCUT2D eigenvalue weighted by molar-refractivity contribution is -0.118. The van der Waals surface area contributed by atoms with Gasteiger partial charge in [-0.3, -0.25) is 9.59 Å². The zero-order valence-corrected chi connectivity index (χ0v) is 26.2. The van der Waals surface area contributed by atoms with Gasteiger partial charge in [0.05, 0.1) is 6.61 Å². The molecule has 4 aromatic rings. The molecule has 0 spiro atoms. The number of carbonyl (C=O) groups is 3. The third kappa shape index (κ3) is 8.33. The van der Waals surface area contributed by atoms with Gasteiger partial charge in [-0.15, -0.1) is 23.1 Å². The Morgan fingerprint density at radius 2 is 1.64 bits per heavy atom. The maximum absolute atomic E-state index is 13.9. The molecule has 1 atom stereocenters. The smallest absolute Gasteiger partial charge is 0.341 e. The molecule has 8 heteroatoms. The van der Waals surface area contributed by atoms with Gasteiger partial charge in [0, 0.05) is 27.9 Å². The molecule has 0 aliphatic carbocycles. The van der Waals surface area contributed by atoms with E-state index >= 15 is 0 Å². The van der Waals surface area contributed by atoms with Crippen molar-refractivity contribution in [1.29, 1.82) is 0 Å². The van der Waals surface area contributed by atoms with Crippen LogP contribution in [0.15, 0.2) is 89.1 Å². The van der Waals surface area contributed by atoms with Crippen molar-refractivity contribution >= 4 is 51.6 Å². The number of esters is 1. The Morgan fingerprint density at radius 1 is 0.929 bits per heavy atom. The third-order valence-corrected chi connectivity index (χ3v) is 8.42. The van der Waals surface area contributed by atoms with Crippen molar-refractivity contribution < 1.29 is 19.1 Å². The van der Waals surface area contributed by atoms with Crippen LogP contribution in [0.2, 0.25) is 0 Å². The molecule has 4 rings (SSSR count). The second-order valence-corrected chi connectivity index (χ2v) is 13.2. The second-order valence-electron chi connectivity index (χ2n) is 11.2. The van der Waals surface area contributed by atoms with E-state index in [1.165, 1.54) is 23.1 Å². The van der Waals surface area contributed by atoms with Crippen molar-refractivity contribution in [3.8, 4) is 11.1 Å². The van der Waals surface area contributed by atoms with Crippen molar-refractivity contribution in [3.05, 3.63) is 101 Å². The normalized spacial score (nSPS) is 11.9. The standard InChI is InChI=1S/C34H36N2O4S2/c1-6-40-33(39)29-27(23-17-15-22(2)16-18-23)21-41-32(29)36-31(38)30(24-11-8-7-9-12-24)42-26-14-10-13-25(19-26)35-28(37)20-34(3,4)5/h7-19,21,30H,6,20H2,1-5H3,(H,35,37)(H,36,38). The van der Waals surface area contributed by atoms with Gasteiger partial charge in [0.2, 0.25) is 11.8 Å². The monoisotopic (exact) mass is 600 g/mol. The fourth-order valence-corrected chi connectivity index (χ4v) is 6.39. The van der Waals surface area contributed by atoms with Crippen molar-refractivity contribution in [3.63, 3.8) is 0 Å². The van der Waals surface area contributed by atoms with Gasteiger partial charge in [0.25, 0.3) is 0 Å². The zero-order chi connectivity index (χ0) is 30.3. The highest BCUT2D eigenvalue weighted by molar-refractivity contribution is 8.00. The van der Waals surface area contributed by atoms with Crippen LogP contribution in [-0.4, -0.2) is 24.4 Å². The molecule has 0 aliphatic rings. The first kappa shape index (κ1) is 31.1. The highest BCUT2D eigenvalue weighted by Crippen LogP contribution is 2.40. The summed E-state index contributed by atoms with van der Waals surface area (Å²) >= 11 is 2.68. The maximum Gasteiger partial charge on any atom is 0.341 e. The molecule has 218 valence electrons. The summed E-state index contributed by atoms with van der Waals surface area (Å²) in [5.41, 5.74) is 4.41. The summed E-state index contributed by atoms with van der Waals surface area (Å²) in [7, 11) is 0. The number of ether oxygens (including phenoxy) is 1. The maximum atomic E-state index is 13.9. The summed E-state index contributed by atoms with van der Waals surface area (Å²) in [6.45, 7) is 10.0. The summed E-state index contributed by atoms with van der Waals surface area (Å²) in [4.78, 5) is 40.4. The Balaban J connectivity index is 1.62. The Kier molecular flexibility index (Phi) is 10.2. The number of aryl methyl sites for hydroxylation is 1. The van der Waals surface area contributed by atoms with Crippen molar-refractivity contribution in [2.45, 2.75) is 51.2 Å². The lowest BCUT2D eigenvalue weighted by Crippen LogP contribution is -2.20. The molecule has 0 saturated heterocycles. The van der Waals surface area contributed by atoms with Gasteiger partial charge in [-0.25, -0.2) is 4.79 Å². The van der Waals surface area contributed by atoms with E-state index in [0.29, 0.717) is 22.7 Å². The second kappa shape index (κ2) is 13.9. The molecular weight excluding hydrogens is 565 g/mol. The number of carbonyl (C=O) groups excluding carboxylic acids is 3. The first-order chi connectivity index (χ1) is 20.0. The summed E-state index contributed by atoms with van der Waals surface area (Å²) < 4.78 is 5.39. The Morgan fingerprint density at radius 3 is 2.31 bits per heavy atom. The molecule has 42 heavy (non-hydrogen) atoms. The number of amides is 2. The third-order valence-electron chi connectivity index (χ3n) is 6.27. The fraction of sp³-hybridized carbons (Fsp3) is 0.265. The van der Waals surface area contributed by atoms with Gasteiger partial charge in [-0.05, 0) is 48.6 Å². The van der Waals surface area contributed by atoms with Crippen LogP contribution in [0.25, 0.3) is 11.1 Å². The van der Waals surface area contributed by atoms with Crippen LogP contribution in [0.1, 0.15) is 60.9 Å². The van der Waals surface area contributed by atoms with Crippen LogP contribution in [0.3, 0.4) is 0 Å².